The lowest BCUT2D eigenvalue weighted by molar-refractivity contribution is -0.143. The van der Waals surface area contributed by atoms with E-state index in [0.29, 0.717) is 17.2 Å². The predicted octanol–water partition coefficient (Wildman–Crippen LogP) is 2.84. The predicted molar refractivity (Wildman–Crippen MR) is 102 cm³/mol. The monoisotopic (exact) mass is 416 g/mol. The Bertz CT molecular complexity index is 1100. The molecule has 1 N–H and O–H groups in total. The average molecular weight is 416 g/mol. The van der Waals surface area contributed by atoms with Crippen LogP contribution in [0, 0.1) is 0 Å². The summed E-state index contributed by atoms with van der Waals surface area (Å²) in [5, 5.41) is 3.79. The lowest BCUT2D eigenvalue weighted by Crippen LogP contribution is -2.30. The fourth-order valence-electron chi connectivity index (χ4n) is 3.23. The quantitative estimate of drug-likeness (QED) is 0.590. The molecule has 3 aromatic rings. The number of nitrogens with one attached hydrogen (secondary N) is 1. The summed E-state index contributed by atoms with van der Waals surface area (Å²) in [5.41, 5.74) is 2.64. The summed E-state index contributed by atoms with van der Waals surface area (Å²) in [7, 11) is -3.79. The van der Waals surface area contributed by atoms with Crippen LogP contribution in [-0.4, -0.2) is 26.1 Å². The van der Waals surface area contributed by atoms with Gasteiger partial charge in [-0.2, -0.15) is 4.72 Å². The highest BCUT2D eigenvalue weighted by molar-refractivity contribution is 7.89. The molecule has 2 aromatic heterocycles. The largest absolute Gasteiger partial charge is 0.461 e. The molecule has 0 saturated carbocycles. The zero-order valence-electron chi connectivity index (χ0n) is 15.6. The van der Waals surface area contributed by atoms with E-state index in [1.54, 1.807) is 30.3 Å². The number of fused-ring (bicyclic) bond motifs is 1. The molecule has 8 nitrogen and oxygen atoms in total. The first-order chi connectivity index (χ1) is 14.0. The highest BCUT2D eigenvalue weighted by Crippen LogP contribution is 2.24. The summed E-state index contributed by atoms with van der Waals surface area (Å²) in [6.07, 6.45) is 5.53. The Morgan fingerprint density at radius 1 is 1.10 bits per heavy atom. The molecule has 0 amide bonds. The van der Waals surface area contributed by atoms with Gasteiger partial charge in [0, 0.05) is 6.07 Å². The van der Waals surface area contributed by atoms with Crippen LogP contribution in [0.3, 0.4) is 0 Å². The van der Waals surface area contributed by atoms with E-state index in [-0.39, 0.29) is 11.5 Å². The molecule has 1 aliphatic rings. The van der Waals surface area contributed by atoms with Crippen LogP contribution in [0.4, 0.5) is 0 Å². The second-order valence-electron chi connectivity index (χ2n) is 6.78. The first-order valence-corrected chi connectivity index (χ1v) is 10.8. The number of nitrogens with zero attached hydrogens (tertiary/aromatic N) is 1. The first kappa shape index (κ1) is 19.4. The van der Waals surface area contributed by atoms with Crippen LogP contribution in [0.5, 0.6) is 0 Å². The van der Waals surface area contributed by atoms with Gasteiger partial charge in [0.15, 0.2) is 5.76 Å². The molecule has 0 fully saturated rings. The number of ether oxygens (including phenoxy) is 1. The number of rotatable bonds is 7. The van der Waals surface area contributed by atoms with Crippen molar-refractivity contribution in [3.63, 3.8) is 0 Å². The molecule has 0 spiro atoms. The molecule has 0 atom stereocenters. The molecule has 0 unspecified atom stereocenters. The van der Waals surface area contributed by atoms with Gasteiger partial charge < -0.3 is 13.7 Å². The topological polar surface area (TPSA) is 112 Å². The molecule has 152 valence electrons. The van der Waals surface area contributed by atoms with E-state index in [2.05, 4.69) is 9.88 Å². The minimum atomic E-state index is -3.79. The maximum Gasteiger partial charge on any atom is 0.321 e. The number of carbonyl (C=O) groups excluding carboxylic acids is 1. The van der Waals surface area contributed by atoms with Crippen LogP contribution in [0.1, 0.15) is 29.7 Å². The number of furan rings is 1. The summed E-state index contributed by atoms with van der Waals surface area (Å²) in [6, 6.07) is 10.1. The Balaban J connectivity index is 1.31. The van der Waals surface area contributed by atoms with Gasteiger partial charge in [0.1, 0.15) is 18.8 Å². The zero-order valence-corrected chi connectivity index (χ0v) is 16.4. The molecule has 9 heteroatoms. The number of esters is 1. The maximum atomic E-state index is 12.5. The summed E-state index contributed by atoms with van der Waals surface area (Å²) in [4.78, 5) is 12.1. The van der Waals surface area contributed by atoms with Crippen LogP contribution >= 0.6 is 0 Å². The molecular weight excluding hydrogens is 396 g/mol. The van der Waals surface area contributed by atoms with Crippen molar-refractivity contribution in [1.82, 2.24) is 9.88 Å². The van der Waals surface area contributed by atoms with Gasteiger partial charge in [-0.3, -0.25) is 4.79 Å². The van der Waals surface area contributed by atoms with Gasteiger partial charge in [-0.15, -0.1) is 0 Å². The van der Waals surface area contributed by atoms with Crippen molar-refractivity contribution in [2.75, 3.05) is 6.54 Å². The third-order valence-electron chi connectivity index (χ3n) is 4.74. The molecule has 29 heavy (non-hydrogen) atoms. The van der Waals surface area contributed by atoms with E-state index in [9.17, 15) is 13.2 Å². The highest BCUT2D eigenvalue weighted by atomic mass is 32.2. The standard InChI is InChI=1S/C20H20N2O6S/c23-20(27-13-16-11-19(28-22-16)18-6-3-9-26-18)12-21-29(24,25)17-8-7-14-4-1-2-5-15(14)10-17/h3,6-11,21H,1-2,4-5,12-13H2. The summed E-state index contributed by atoms with van der Waals surface area (Å²) in [6.45, 7) is -0.605. The SMILES string of the molecule is O=C(CNS(=O)(=O)c1ccc2c(c1)CCCC2)OCc1cc(-c2ccco2)on1. The Labute approximate surface area is 167 Å². The summed E-state index contributed by atoms with van der Waals surface area (Å²) >= 11 is 0. The van der Waals surface area contributed by atoms with Gasteiger partial charge in [0.25, 0.3) is 0 Å². The zero-order chi connectivity index (χ0) is 20.3. The Morgan fingerprint density at radius 3 is 2.72 bits per heavy atom. The van der Waals surface area contributed by atoms with Crippen LogP contribution in [-0.2, 0) is 39.0 Å². The first-order valence-electron chi connectivity index (χ1n) is 9.28. The third-order valence-corrected chi connectivity index (χ3v) is 6.14. The van der Waals surface area contributed by atoms with Crippen LogP contribution in [0.2, 0.25) is 0 Å². The number of carbonyl (C=O) groups is 1. The second kappa shape index (κ2) is 8.22. The van der Waals surface area contributed by atoms with Crippen molar-refractivity contribution >= 4 is 16.0 Å². The molecule has 0 saturated heterocycles. The normalized spacial score (nSPS) is 13.8. The number of hydrogen-bond donors (Lipinski definition) is 1. The number of benzene rings is 1. The fraction of sp³-hybridized carbons (Fsp3) is 0.300. The second-order valence-corrected chi connectivity index (χ2v) is 8.55. The van der Waals surface area contributed by atoms with Gasteiger partial charge in [0.05, 0.1) is 11.2 Å². The summed E-state index contributed by atoms with van der Waals surface area (Å²) < 4.78 is 42.6. The number of aryl methyl sites for hydroxylation is 2. The Kier molecular flexibility index (Phi) is 5.50. The van der Waals surface area contributed by atoms with Crippen LogP contribution < -0.4 is 4.72 Å². The third kappa shape index (κ3) is 4.57. The Hall–Kier alpha value is -2.91. The van der Waals surface area contributed by atoms with E-state index >= 15 is 0 Å². The molecule has 1 aliphatic carbocycles. The van der Waals surface area contributed by atoms with Crippen molar-refractivity contribution in [3.05, 3.63) is 59.5 Å². The fourth-order valence-corrected chi connectivity index (χ4v) is 4.25. The van der Waals surface area contributed by atoms with Crippen molar-refractivity contribution in [3.8, 4) is 11.5 Å². The molecular formula is C20H20N2O6S. The van der Waals surface area contributed by atoms with Crippen LogP contribution in [0.15, 0.2) is 56.5 Å². The van der Waals surface area contributed by atoms with E-state index in [1.807, 2.05) is 6.07 Å². The number of sulfonamides is 1. The summed E-state index contributed by atoms with van der Waals surface area (Å²) in [5.74, 6) is 0.205. The van der Waals surface area contributed by atoms with Crippen LogP contribution in [0.25, 0.3) is 11.5 Å². The molecule has 4 rings (SSSR count). The maximum absolute atomic E-state index is 12.5. The van der Waals surface area contributed by atoms with Gasteiger partial charge in [-0.1, -0.05) is 11.2 Å². The van der Waals surface area contributed by atoms with Gasteiger partial charge >= 0.3 is 5.97 Å². The van der Waals surface area contributed by atoms with Crippen molar-refractivity contribution in [2.45, 2.75) is 37.2 Å². The average Bonchev–Trinajstić information content (AvgIpc) is 3.42. The lowest BCUT2D eigenvalue weighted by atomic mass is 9.92. The smallest absolute Gasteiger partial charge is 0.321 e. The van der Waals surface area contributed by atoms with Gasteiger partial charge in [0.2, 0.25) is 15.8 Å². The highest BCUT2D eigenvalue weighted by Gasteiger charge is 2.19. The van der Waals surface area contributed by atoms with Crippen molar-refractivity contribution in [2.24, 2.45) is 0 Å². The lowest BCUT2D eigenvalue weighted by Gasteiger charge is -2.16. The van der Waals surface area contributed by atoms with E-state index < -0.39 is 22.5 Å². The minimum absolute atomic E-state index is 0.135. The Morgan fingerprint density at radius 2 is 1.93 bits per heavy atom. The molecule has 2 heterocycles. The van der Waals surface area contributed by atoms with Gasteiger partial charge in [-0.25, -0.2) is 8.42 Å². The van der Waals surface area contributed by atoms with E-state index in [4.69, 9.17) is 13.7 Å². The van der Waals surface area contributed by atoms with E-state index in [0.717, 1.165) is 31.2 Å². The molecule has 0 bridgehead atoms. The molecule has 1 aromatic carbocycles. The number of aromatic nitrogens is 1. The van der Waals surface area contributed by atoms with Crippen molar-refractivity contribution < 1.29 is 26.9 Å². The van der Waals surface area contributed by atoms with E-state index in [1.165, 1.54) is 11.8 Å². The van der Waals surface area contributed by atoms with Gasteiger partial charge in [-0.05, 0) is 61.1 Å². The molecule has 0 radical (unpaired) electrons. The number of hydrogen-bond acceptors (Lipinski definition) is 7. The molecule has 0 aliphatic heterocycles. The minimum Gasteiger partial charge on any atom is -0.461 e. The van der Waals surface area contributed by atoms with Crippen molar-refractivity contribution in [1.29, 1.82) is 0 Å².